The molecule has 0 unspecified atom stereocenters. The Kier molecular flexibility index (Phi) is 7.03. The number of amides is 1. The van der Waals surface area contributed by atoms with Crippen molar-refractivity contribution in [3.8, 4) is 11.5 Å². The van der Waals surface area contributed by atoms with Gasteiger partial charge in [0.05, 0.1) is 0 Å². The Morgan fingerprint density at radius 2 is 1.80 bits per heavy atom. The number of fused-ring (bicyclic) bond motifs is 1. The van der Waals surface area contributed by atoms with Crippen molar-refractivity contribution in [2.24, 2.45) is 0 Å². The van der Waals surface area contributed by atoms with Crippen LogP contribution < -0.4 is 10.6 Å². The van der Waals surface area contributed by atoms with Crippen molar-refractivity contribution in [2.45, 2.75) is 52.4 Å². The van der Waals surface area contributed by atoms with E-state index in [9.17, 15) is 4.79 Å². The number of aromatic nitrogens is 1. The average Bonchev–Trinajstić information content (AvgIpc) is 3.26. The summed E-state index contributed by atoms with van der Waals surface area (Å²) in [6.07, 6.45) is 1.07. The number of nitrogens with one attached hydrogen (secondary N) is 2. The molecule has 0 spiro atoms. The molecule has 35 heavy (non-hydrogen) atoms. The van der Waals surface area contributed by atoms with Crippen LogP contribution in [-0.2, 0) is 5.41 Å². The molecule has 4 rings (SSSR count). The van der Waals surface area contributed by atoms with E-state index >= 15 is 0 Å². The zero-order chi connectivity index (χ0) is 25.2. The third-order valence-electron chi connectivity index (χ3n) is 6.20. The molecule has 0 radical (unpaired) electrons. The Bertz CT molecular complexity index is 1370. The third kappa shape index (κ3) is 5.77. The second-order valence-electron chi connectivity index (χ2n) is 9.87. The van der Waals surface area contributed by atoms with Gasteiger partial charge in [0.25, 0.3) is 5.91 Å². The zero-order valence-corrected chi connectivity index (χ0v) is 21.6. The summed E-state index contributed by atoms with van der Waals surface area (Å²) in [7, 11) is 0. The lowest BCUT2D eigenvalue weighted by Gasteiger charge is -2.19. The normalized spacial score (nSPS) is 12.4. The molecule has 5 nitrogen and oxygen atoms in total. The molecule has 0 aliphatic rings. The maximum atomic E-state index is 12.6. The summed E-state index contributed by atoms with van der Waals surface area (Å²) >= 11 is 5.38. The van der Waals surface area contributed by atoms with Crippen molar-refractivity contribution in [1.29, 1.82) is 0 Å². The molecule has 0 aliphatic heterocycles. The first kappa shape index (κ1) is 24.6. The Labute approximate surface area is 212 Å². The molecule has 0 bridgehead atoms. The minimum Gasteiger partial charge on any atom is -0.436 e. The molecule has 0 saturated carbocycles. The molecular weight excluding hydrogens is 454 g/mol. The summed E-state index contributed by atoms with van der Waals surface area (Å²) in [6, 6.07) is 21.4. The summed E-state index contributed by atoms with van der Waals surface area (Å²) in [4.78, 5) is 17.3. The van der Waals surface area contributed by atoms with Gasteiger partial charge in [0.2, 0.25) is 5.89 Å². The van der Waals surface area contributed by atoms with E-state index in [0.29, 0.717) is 17.4 Å². The molecule has 1 atom stereocenters. The van der Waals surface area contributed by atoms with E-state index in [1.165, 1.54) is 11.1 Å². The molecule has 180 valence electrons. The van der Waals surface area contributed by atoms with Gasteiger partial charge in [0, 0.05) is 16.8 Å². The Morgan fingerprint density at radius 1 is 1.06 bits per heavy atom. The van der Waals surface area contributed by atoms with E-state index in [0.717, 1.165) is 28.8 Å². The summed E-state index contributed by atoms with van der Waals surface area (Å²) in [5.41, 5.74) is 6.16. The minimum atomic E-state index is -0.254. The van der Waals surface area contributed by atoms with Crippen molar-refractivity contribution in [1.82, 2.24) is 10.3 Å². The smallest absolute Gasteiger partial charge is 0.257 e. The Morgan fingerprint density at radius 3 is 2.49 bits per heavy atom. The van der Waals surface area contributed by atoms with Crippen LogP contribution in [0.1, 0.15) is 68.4 Å². The maximum absolute atomic E-state index is 12.6. The van der Waals surface area contributed by atoms with E-state index in [1.807, 2.05) is 54.6 Å². The van der Waals surface area contributed by atoms with Crippen molar-refractivity contribution >= 4 is 40.0 Å². The molecule has 0 saturated heterocycles. The van der Waals surface area contributed by atoms with Gasteiger partial charge in [-0.1, -0.05) is 58.9 Å². The summed E-state index contributed by atoms with van der Waals surface area (Å²) in [5, 5.41) is 6.06. The molecule has 0 fully saturated rings. The van der Waals surface area contributed by atoms with Crippen LogP contribution in [0, 0.1) is 0 Å². The van der Waals surface area contributed by atoms with Gasteiger partial charge in [0.1, 0.15) is 5.52 Å². The van der Waals surface area contributed by atoms with Gasteiger partial charge < -0.3 is 9.73 Å². The predicted octanol–water partition coefficient (Wildman–Crippen LogP) is 7.43. The largest absolute Gasteiger partial charge is 0.436 e. The van der Waals surface area contributed by atoms with Gasteiger partial charge in [-0.25, -0.2) is 4.98 Å². The first-order chi connectivity index (χ1) is 16.6. The maximum Gasteiger partial charge on any atom is 0.257 e. The van der Waals surface area contributed by atoms with Crippen LogP contribution >= 0.6 is 12.2 Å². The second-order valence-corrected chi connectivity index (χ2v) is 10.3. The number of hydrogen-bond acceptors (Lipinski definition) is 4. The highest BCUT2D eigenvalue weighted by atomic mass is 32.1. The van der Waals surface area contributed by atoms with Crippen molar-refractivity contribution in [2.75, 3.05) is 5.32 Å². The van der Waals surface area contributed by atoms with E-state index in [4.69, 9.17) is 21.6 Å². The van der Waals surface area contributed by atoms with Crippen LogP contribution in [0.4, 0.5) is 5.69 Å². The van der Waals surface area contributed by atoms with Crippen LogP contribution in [0.25, 0.3) is 22.6 Å². The lowest BCUT2D eigenvalue weighted by molar-refractivity contribution is 0.0977. The topological polar surface area (TPSA) is 67.2 Å². The molecule has 1 aromatic heterocycles. The number of carbonyl (C=O) groups is 1. The predicted molar refractivity (Wildman–Crippen MR) is 147 cm³/mol. The SMILES string of the molecule is CC[C@@H](C)c1ccc2oc(-c3cccc(NC(=S)NC(=O)c4ccc(C(C)(C)C)cc4)c3)nc2c1. The van der Waals surface area contributed by atoms with Gasteiger partial charge in [-0.3, -0.25) is 10.1 Å². The zero-order valence-electron chi connectivity index (χ0n) is 20.8. The lowest BCUT2D eigenvalue weighted by Crippen LogP contribution is -2.34. The van der Waals surface area contributed by atoms with Crippen LogP contribution in [0.3, 0.4) is 0 Å². The standard InChI is InChI=1S/C29H31N3O2S/c1-6-18(2)20-12-15-25-24(17-20)31-27(34-25)21-8-7-9-23(16-21)30-28(35)32-26(33)19-10-13-22(14-11-19)29(3,4)5/h7-18H,6H2,1-5H3,(H2,30,32,33,35)/t18-/m1/s1. The fourth-order valence-corrected chi connectivity index (χ4v) is 4.01. The summed E-state index contributed by atoms with van der Waals surface area (Å²) in [5.74, 6) is 0.758. The van der Waals surface area contributed by atoms with Gasteiger partial charge in [-0.2, -0.15) is 0 Å². The van der Waals surface area contributed by atoms with Crippen LogP contribution in [-0.4, -0.2) is 16.0 Å². The van der Waals surface area contributed by atoms with Crippen molar-refractivity contribution in [3.05, 3.63) is 83.4 Å². The number of benzene rings is 3. The second kappa shape index (κ2) is 10.0. The molecule has 2 N–H and O–H groups in total. The summed E-state index contributed by atoms with van der Waals surface area (Å²) in [6.45, 7) is 10.8. The third-order valence-corrected chi connectivity index (χ3v) is 6.40. The Hall–Kier alpha value is -3.51. The first-order valence-electron chi connectivity index (χ1n) is 11.9. The highest BCUT2D eigenvalue weighted by Gasteiger charge is 2.15. The highest BCUT2D eigenvalue weighted by Crippen LogP contribution is 2.29. The molecule has 3 aromatic carbocycles. The molecular formula is C29H31N3O2S. The quantitative estimate of drug-likeness (QED) is 0.288. The van der Waals surface area contributed by atoms with E-state index in [2.05, 4.69) is 57.4 Å². The fraction of sp³-hybridized carbons (Fsp3) is 0.276. The molecule has 1 heterocycles. The van der Waals surface area contributed by atoms with Gasteiger partial charge >= 0.3 is 0 Å². The number of anilines is 1. The monoisotopic (exact) mass is 485 g/mol. The van der Waals surface area contributed by atoms with E-state index in [-0.39, 0.29) is 16.4 Å². The first-order valence-corrected chi connectivity index (χ1v) is 12.3. The van der Waals surface area contributed by atoms with Crippen molar-refractivity contribution in [3.63, 3.8) is 0 Å². The number of thiocarbonyl (C=S) groups is 1. The van der Waals surface area contributed by atoms with Crippen molar-refractivity contribution < 1.29 is 9.21 Å². The highest BCUT2D eigenvalue weighted by molar-refractivity contribution is 7.80. The van der Waals surface area contributed by atoms with Crippen LogP contribution in [0.2, 0.25) is 0 Å². The van der Waals surface area contributed by atoms with Gasteiger partial charge in [-0.15, -0.1) is 0 Å². The summed E-state index contributed by atoms with van der Waals surface area (Å²) < 4.78 is 6.00. The molecule has 1 amide bonds. The molecule has 4 aromatic rings. The fourth-order valence-electron chi connectivity index (χ4n) is 3.80. The number of oxazole rings is 1. The van der Waals surface area contributed by atoms with Gasteiger partial charge in [-0.05, 0) is 83.6 Å². The van der Waals surface area contributed by atoms with E-state index in [1.54, 1.807) is 0 Å². The van der Waals surface area contributed by atoms with E-state index < -0.39 is 0 Å². The number of nitrogens with zero attached hydrogens (tertiary/aromatic N) is 1. The number of rotatable bonds is 5. The number of carbonyl (C=O) groups excluding carboxylic acids is 1. The lowest BCUT2D eigenvalue weighted by atomic mass is 9.87. The van der Waals surface area contributed by atoms with Crippen LogP contribution in [0.15, 0.2) is 71.1 Å². The molecule has 0 aliphatic carbocycles. The average molecular weight is 486 g/mol. The minimum absolute atomic E-state index is 0.0296. The number of hydrogen-bond donors (Lipinski definition) is 2. The van der Waals surface area contributed by atoms with Gasteiger partial charge in [0.15, 0.2) is 10.7 Å². The Balaban J connectivity index is 1.45. The van der Waals surface area contributed by atoms with Crippen LogP contribution in [0.5, 0.6) is 0 Å². The molecule has 6 heteroatoms.